The van der Waals surface area contributed by atoms with Gasteiger partial charge in [-0.1, -0.05) is 42.5 Å². The molecular weight excluding hydrogens is 344 g/mol. The predicted octanol–water partition coefficient (Wildman–Crippen LogP) is 4.52. The number of hydrogen-bond donors (Lipinski definition) is 0. The Bertz CT molecular complexity index is 859. The fourth-order valence-corrected chi connectivity index (χ4v) is 3.80. The van der Waals surface area contributed by atoms with Crippen molar-refractivity contribution in [3.05, 3.63) is 71.2 Å². The molecule has 0 saturated carbocycles. The number of rotatable bonds is 5. The second-order valence-electron chi connectivity index (χ2n) is 6.27. The van der Waals surface area contributed by atoms with Gasteiger partial charge in [-0.2, -0.15) is 0 Å². The standard InChI is InChI=1S/C21H20N2O2S/c24-21(19-10-5-12-25-19)23(15-20-22-11-13-26-20)18-9-4-8-17(14-18)16-6-2-1-3-7-16/h1-4,6-9,11,13-14,19H,5,10,12,15H2/t19-/m0/s1. The highest BCUT2D eigenvalue weighted by Crippen LogP contribution is 2.28. The van der Waals surface area contributed by atoms with E-state index in [-0.39, 0.29) is 12.0 Å². The molecule has 1 amide bonds. The number of thiazole rings is 1. The summed E-state index contributed by atoms with van der Waals surface area (Å²) in [6.07, 6.45) is 3.14. The largest absolute Gasteiger partial charge is 0.368 e. The van der Waals surface area contributed by atoms with Gasteiger partial charge in [-0.3, -0.25) is 4.79 Å². The first-order valence-electron chi connectivity index (χ1n) is 8.78. The molecule has 0 radical (unpaired) electrons. The van der Waals surface area contributed by atoms with Gasteiger partial charge >= 0.3 is 0 Å². The van der Waals surface area contributed by atoms with Crippen LogP contribution < -0.4 is 4.90 Å². The van der Waals surface area contributed by atoms with E-state index >= 15 is 0 Å². The molecule has 2 aromatic carbocycles. The first kappa shape index (κ1) is 16.9. The van der Waals surface area contributed by atoms with Crippen LogP contribution in [0.2, 0.25) is 0 Å². The van der Waals surface area contributed by atoms with E-state index in [4.69, 9.17) is 4.74 Å². The summed E-state index contributed by atoms with van der Waals surface area (Å²) in [6, 6.07) is 18.3. The van der Waals surface area contributed by atoms with E-state index in [1.54, 1.807) is 22.4 Å². The van der Waals surface area contributed by atoms with Gasteiger partial charge in [0, 0.05) is 23.9 Å². The quantitative estimate of drug-likeness (QED) is 0.668. The molecule has 2 heterocycles. The van der Waals surface area contributed by atoms with Gasteiger partial charge in [0.25, 0.3) is 5.91 Å². The topological polar surface area (TPSA) is 42.4 Å². The third-order valence-corrected chi connectivity index (χ3v) is 5.28. The number of nitrogens with zero attached hydrogens (tertiary/aromatic N) is 2. The molecule has 1 aliphatic rings. The van der Waals surface area contributed by atoms with E-state index in [0.717, 1.165) is 34.7 Å². The maximum atomic E-state index is 13.1. The van der Waals surface area contributed by atoms with E-state index in [0.29, 0.717) is 13.2 Å². The van der Waals surface area contributed by atoms with Crippen molar-refractivity contribution in [2.75, 3.05) is 11.5 Å². The second kappa shape index (κ2) is 7.81. The summed E-state index contributed by atoms with van der Waals surface area (Å²) < 4.78 is 5.64. The van der Waals surface area contributed by atoms with E-state index in [9.17, 15) is 4.79 Å². The van der Waals surface area contributed by atoms with E-state index < -0.39 is 0 Å². The highest BCUT2D eigenvalue weighted by molar-refractivity contribution is 7.09. The van der Waals surface area contributed by atoms with Gasteiger partial charge in [0.1, 0.15) is 11.1 Å². The van der Waals surface area contributed by atoms with E-state index in [1.807, 2.05) is 35.7 Å². The maximum absolute atomic E-state index is 13.1. The average Bonchev–Trinajstić information content (AvgIpc) is 3.40. The van der Waals surface area contributed by atoms with Crippen LogP contribution in [0.15, 0.2) is 66.2 Å². The first-order valence-corrected chi connectivity index (χ1v) is 9.66. The Morgan fingerprint density at radius 2 is 2.00 bits per heavy atom. The molecule has 1 atom stereocenters. The molecule has 132 valence electrons. The molecule has 0 bridgehead atoms. The Hall–Kier alpha value is -2.50. The van der Waals surface area contributed by atoms with Crippen molar-refractivity contribution in [2.24, 2.45) is 0 Å². The zero-order valence-electron chi connectivity index (χ0n) is 14.4. The maximum Gasteiger partial charge on any atom is 0.256 e. The molecule has 5 heteroatoms. The number of amides is 1. The third-order valence-electron chi connectivity index (χ3n) is 4.51. The zero-order valence-corrected chi connectivity index (χ0v) is 15.2. The molecule has 4 nitrogen and oxygen atoms in total. The van der Waals surface area contributed by atoms with Gasteiger partial charge < -0.3 is 9.64 Å². The summed E-state index contributed by atoms with van der Waals surface area (Å²) in [5.41, 5.74) is 3.10. The summed E-state index contributed by atoms with van der Waals surface area (Å²) >= 11 is 1.56. The van der Waals surface area contributed by atoms with E-state index in [1.165, 1.54) is 0 Å². The normalized spacial score (nSPS) is 16.5. The van der Waals surface area contributed by atoms with Crippen LogP contribution in [0, 0.1) is 0 Å². The highest BCUT2D eigenvalue weighted by atomic mass is 32.1. The molecule has 1 saturated heterocycles. The average molecular weight is 364 g/mol. The summed E-state index contributed by atoms with van der Waals surface area (Å²) in [7, 11) is 0. The Balaban J connectivity index is 1.67. The predicted molar refractivity (Wildman–Crippen MR) is 104 cm³/mol. The van der Waals surface area contributed by atoms with Gasteiger partial charge in [0.2, 0.25) is 0 Å². The zero-order chi connectivity index (χ0) is 17.8. The van der Waals surface area contributed by atoms with Crippen molar-refractivity contribution in [1.82, 2.24) is 4.98 Å². The Morgan fingerprint density at radius 3 is 2.73 bits per heavy atom. The molecule has 0 aliphatic carbocycles. The molecule has 1 fully saturated rings. The first-order chi connectivity index (χ1) is 12.8. The van der Waals surface area contributed by atoms with Crippen molar-refractivity contribution in [1.29, 1.82) is 0 Å². The lowest BCUT2D eigenvalue weighted by atomic mass is 10.0. The Morgan fingerprint density at radius 1 is 1.15 bits per heavy atom. The molecule has 26 heavy (non-hydrogen) atoms. The number of carbonyl (C=O) groups is 1. The van der Waals surface area contributed by atoms with Crippen LogP contribution in [0.1, 0.15) is 17.8 Å². The fourth-order valence-electron chi connectivity index (χ4n) is 3.19. The Kier molecular flexibility index (Phi) is 5.09. The van der Waals surface area contributed by atoms with Crippen molar-refractivity contribution >= 4 is 22.9 Å². The molecule has 0 N–H and O–H groups in total. The minimum absolute atomic E-state index is 0.0166. The highest BCUT2D eigenvalue weighted by Gasteiger charge is 2.29. The van der Waals surface area contributed by atoms with Crippen molar-refractivity contribution in [2.45, 2.75) is 25.5 Å². The molecule has 4 rings (SSSR count). The number of carbonyl (C=O) groups excluding carboxylic acids is 1. The summed E-state index contributed by atoms with van der Waals surface area (Å²) in [4.78, 5) is 19.3. The van der Waals surface area contributed by atoms with Crippen molar-refractivity contribution in [3.63, 3.8) is 0 Å². The summed E-state index contributed by atoms with van der Waals surface area (Å²) in [5.74, 6) is 0.0166. The molecule has 3 aromatic rings. The minimum Gasteiger partial charge on any atom is -0.368 e. The number of benzene rings is 2. The monoisotopic (exact) mass is 364 g/mol. The molecule has 1 aromatic heterocycles. The van der Waals surface area contributed by atoms with E-state index in [2.05, 4.69) is 29.2 Å². The van der Waals surface area contributed by atoms with Gasteiger partial charge in [0.05, 0.1) is 6.54 Å². The molecule has 0 spiro atoms. The van der Waals surface area contributed by atoms with Gasteiger partial charge in [-0.15, -0.1) is 11.3 Å². The minimum atomic E-state index is -0.352. The van der Waals surface area contributed by atoms with Crippen LogP contribution in [0.5, 0.6) is 0 Å². The molecule has 0 unspecified atom stereocenters. The fraction of sp³-hybridized carbons (Fsp3) is 0.238. The van der Waals surface area contributed by atoms with Crippen molar-refractivity contribution < 1.29 is 9.53 Å². The third kappa shape index (κ3) is 3.69. The SMILES string of the molecule is O=C([C@@H]1CCCO1)N(Cc1nccs1)c1cccc(-c2ccccc2)c1. The smallest absolute Gasteiger partial charge is 0.256 e. The Labute approximate surface area is 157 Å². The van der Waals surface area contributed by atoms with Crippen LogP contribution in [-0.2, 0) is 16.1 Å². The van der Waals surface area contributed by atoms with Crippen LogP contribution in [0.4, 0.5) is 5.69 Å². The second-order valence-corrected chi connectivity index (χ2v) is 7.25. The van der Waals surface area contributed by atoms with Gasteiger partial charge in [-0.05, 0) is 36.1 Å². The number of ether oxygens (including phenoxy) is 1. The summed E-state index contributed by atoms with van der Waals surface area (Å²) in [6.45, 7) is 1.13. The number of hydrogen-bond acceptors (Lipinski definition) is 4. The number of aromatic nitrogens is 1. The van der Waals surface area contributed by atoms with Crippen LogP contribution in [0.3, 0.4) is 0 Å². The van der Waals surface area contributed by atoms with Gasteiger partial charge in [-0.25, -0.2) is 4.98 Å². The van der Waals surface area contributed by atoms with Crippen LogP contribution >= 0.6 is 11.3 Å². The van der Waals surface area contributed by atoms with Crippen LogP contribution in [0.25, 0.3) is 11.1 Å². The lowest BCUT2D eigenvalue weighted by molar-refractivity contribution is -0.127. The molecule has 1 aliphatic heterocycles. The van der Waals surface area contributed by atoms with Gasteiger partial charge in [0.15, 0.2) is 0 Å². The summed E-state index contributed by atoms with van der Waals surface area (Å²) in [5, 5.41) is 2.85. The lowest BCUT2D eigenvalue weighted by Crippen LogP contribution is -2.38. The van der Waals surface area contributed by atoms with Crippen LogP contribution in [-0.4, -0.2) is 23.6 Å². The number of anilines is 1. The lowest BCUT2D eigenvalue weighted by Gasteiger charge is -2.25. The molecular formula is C21H20N2O2S. The van der Waals surface area contributed by atoms with Crippen molar-refractivity contribution in [3.8, 4) is 11.1 Å².